The van der Waals surface area contributed by atoms with Crippen LogP contribution in [-0.4, -0.2) is 31.7 Å². The maximum atomic E-state index is 12.7. The van der Waals surface area contributed by atoms with E-state index in [0.717, 1.165) is 25.7 Å². The molecule has 0 radical (unpaired) electrons. The van der Waals surface area contributed by atoms with Crippen LogP contribution in [0.3, 0.4) is 0 Å². The van der Waals surface area contributed by atoms with Crippen LogP contribution in [0.25, 0.3) is 0 Å². The molecule has 26 heavy (non-hydrogen) atoms. The number of rotatable bonds is 15. The Hall–Kier alpha value is -1.43. The Kier molecular flexibility index (Phi) is 13.0. The summed E-state index contributed by atoms with van der Waals surface area (Å²) in [5, 5.41) is 0. The van der Waals surface area contributed by atoms with Crippen molar-refractivity contribution < 1.29 is 32.7 Å². The van der Waals surface area contributed by atoms with E-state index in [0.29, 0.717) is 6.42 Å². The third-order valence-electron chi connectivity index (χ3n) is 3.36. The molecule has 0 aliphatic carbocycles. The van der Waals surface area contributed by atoms with E-state index in [4.69, 9.17) is 18.5 Å². The molecule has 0 saturated carbocycles. The van der Waals surface area contributed by atoms with E-state index in [9.17, 15) is 14.2 Å². The lowest BCUT2D eigenvalue weighted by Crippen LogP contribution is -2.12. The summed E-state index contributed by atoms with van der Waals surface area (Å²) >= 11 is 0. The molecule has 0 unspecified atom stereocenters. The molecule has 8 heteroatoms. The normalized spacial score (nSPS) is 11.0. The molecular weight excluding hydrogens is 359 g/mol. The van der Waals surface area contributed by atoms with Gasteiger partial charge in [0.1, 0.15) is 0 Å². The van der Waals surface area contributed by atoms with Crippen LogP contribution in [0, 0.1) is 0 Å². The highest BCUT2D eigenvalue weighted by Gasteiger charge is 2.26. The number of hydrogen-bond donors (Lipinski definition) is 0. The summed E-state index contributed by atoms with van der Waals surface area (Å²) in [6, 6.07) is 0. The molecular formula is C18H31O7P. The van der Waals surface area contributed by atoms with Crippen molar-refractivity contribution in [2.75, 3.05) is 19.7 Å². The average Bonchev–Trinajstić information content (AvgIpc) is 2.57. The fraction of sp³-hybridized carbons (Fsp3) is 0.667. The summed E-state index contributed by atoms with van der Waals surface area (Å²) < 4.78 is 32.6. The van der Waals surface area contributed by atoms with Crippen molar-refractivity contribution in [1.82, 2.24) is 0 Å². The van der Waals surface area contributed by atoms with E-state index in [2.05, 4.69) is 20.1 Å². The second-order valence-corrected chi connectivity index (χ2v) is 8.21. The summed E-state index contributed by atoms with van der Waals surface area (Å²) in [5.41, 5.74) is 0.409. The molecule has 0 aromatic rings. The molecule has 0 aliphatic rings. The molecule has 0 spiro atoms. The van der Waals surface area contributed by atoms with Gasteiger partial charge in [-0.2, -0.15) is 0 Å². The number of esters is 2. The van der Waals surface area contributed by atoms with Crippen molar-refractivity contribution in [3.8, 4) is 0 Å². The lowest BCUT2D eigenvalue weighted by molar-refractivity contribution is -0.147. The van der Waals surface area contributed by atoms with Gasteiger partial charge in [-0.3, -0.25) is 13.6 Å². The van der Waals surface area contributed by atoms with Gasteiger partial charge in [0.2, 0.25) is 13.6 Å². The highest BCUT2D eigenvalue weighted by molar-refractivity contribution is 7.53. The number of ether oxygens (including phenoxy) is 2. The van der Waals surface area contributed by atoms with Crippen molar-refractivity contribution in [2.24, 2.45) is 0 Å². The smallest absolute Gasteiger partial charge is 0.336 e. The first kappa shape index (κ1) is 24.6. The van der Waals surface area contributed by atoms with Crippen molar-refractivity contribution in [2.45, 2.75) is 59.3 Å². The lowest BCUT2D eigenvalue weighted by atomic mass is 10.1. The zero-order chi connectivity index (χ0) is 20.0. The summed E-state index contributed by atoms with van der Waals surface area (Å²) in [6.45, 7) is 11.0. The fourth-order valence-corrected chi connectivity index (χ4v) is 3.19. The molecule has 150 valence electrons. The minimum absolute atomic E-state index is 0.147. The van der Waals surface area contributed by atoms with Crippen LogP contribution in [0.2, 0.25) is 0 Å². The summed E-state index contributed by atoms with van der Waals surface area (Å²) in [6.07, 6.45) is 6.12. The van der Waals surface area contributed by atoms with Crippen LogP contribution >= 0.6 is 7.60 Å². The van der Waals surface area contributed by atoms with E-state index in [-0.39, 0.29) is 17.3 Å². The molecule has 0 rings (SSSR count). The Morgan fingerprint density at radius 2 is 1.23 bits per heavy atom. The zero-order valence-corrected chi connectivity index (χ0v) is 17.0. The second-order valence-electron chi connectivity index (χ2n) is 6.02. The fourth-order valence-electron chi connectivity index (χ4n) is 1.82. The maximum absolute atomic E-state index is 12.7. The third kappa shape index (κ3) is 12.0. The van der Waals surface area contributed by atoms with Crippen LogP contribution in [0.1, 0.15) is 59.3 Å². The van der Waals surface area contributed by atoms with Crippen LogP contribution < -0.4 is 0 Å². The SMILES string of the molecule is C=C(C)C(=O)OCOP(=O)(CCCCCCCC)OCOC(=O)C(=C)C. The third-order valence-corrected chi connectivity index (χ3v) is 5.22. The molecule has 7 nitrogen and oxygen atoms in total. The van der Waals surface area contributed by atoms with Crippen LogP contribution in [-0.2, 0) is 32.7 Å². The van der Waals surface area contributed by atoms with E-state index < -0.39 is 33.1 Å². The lowest BCUT2D eigenvalue weighted by Gasteiger charge is -2.18. The molecule has 0 atom stereocenters. The Morgan fingerprint density at radius 3 is 1.65 bits per heavy atom. The van der Waals surface area contributed by atoms with E-state index in [1.54, 1.807) is 0 Å². The Bertz CT molecular complexity index is 492. The maximum Gasteiger partial charge on any atom is 0.336 e. The predicted molar refractivity (Wildman–Crippen MR) is 99.6 cm³/mol. The second kappa shape index (κ2) is 13.7. The topological polar surface area (TPSA) is 88.1 Å². The first-order valence-electron chi connectivity index (χ1n) is 8.75. The number of carbonyl (C=O) groups is 2. The van der Waals surface area contributed by atoms with Crippen molar-refractivity contribution in [1.29, 1.82) is 0 Å². The Morgan fingerprint density at radius 1 is 0.808 bits per heavy atom. The highest BCUT2D eigenvalue weighted by atomic mass is 31.2. The molecule has 0 fully saturated rings. The molecule has 0 N–H and O–H groups in total. The Balaban J connectivity index is 4.46. The zero-order valence-electron chi connectivity index (χ0n) is 16.1. The van der Waals surface area contributed by atoms with Gasteiger partial charge in [-0.1, -0.05) is 52.2 Å². The van der Waals surface area contributed by atoms with Gasteiger partial charge < -0.3 is 9.47 Å². The van der Waals surface area contributed by atoms with Gasteiger partial charge in [-0.15, -0.1) is 0 Å². The monoisotopic (exact) mass is 390 g/mol. The van der Waals surface area contributed by atoms with Gasteiger partial charge in [-0.25, -0.2) is 9.59 Å². The molecule has 0 bridgehead atoms. The molecule has 0 aromatic heterocycles. The minimum Gasteiger partial charge on any atom is -0.435 e. The van der Waals surface area contributed by atoms with Gasteiger partial charge in [0.15, 0.2) is 0 Å². The van der Waals surface area contributed by atoms with Crippen molar-refractivity contribution in [3.63, 3.8) is 0 Å². The quantitative estimate of drug-likeness (QED) is 0.131. The van der Waals surface area contributed by atoms with Crippen LogP contribution in [0.4, 0.5) is 0 Å². The standard InChI is InChI=1S/C18H31O7P/c1-6-7-8-9-10-11-12-26(21,24-13-22-17(19)15(2)3)25-14-23-18(20)16(4)5/h2,4,6-14H2,1,3,5H3. The molecule has 0 heterocycles. The Labute approximate surface area is 156 Å². The van der Waals surface area contributed by atoms with Crippen molar-refractivity contribution in [3.05, 3.63) is 24.3 Å². The minimum atomic E-state index is -3.56. The molecule has 0 aromatic carbocycles. The molecule has 0 amide bonds. The van der Waals surface area contributed by atoms with Gasteiger partial charge in [0.25, 0.3) is 0 Å². The summed E-state index contributed by atoms with van der Waals surface area (Å²) in [7, 11) is -3.56. The first-order valence-corrected chi connectivity index (χ1v) is 10.5. The average molecular weight is 390 g/mol. The van der Waals surface area contributed by atoms with E-state index >= 15 is 0 Å². The van der Waals surface area contributed by atoms with Crippen LogP contribution in [0.15, 0.2) is 24.3 Å². The first-order chi connectivity index (χ1) is 12.2. The number of hydrogen-bond acceptors (Lipinski definition) is 7. The molecule has 0 aliphatic heterocycles. The van der Waals surface area contributed by atoms with Gasteiger partial charge in [-0.05, 0) is 20.3 Å². The number of unbranched alkanes of at least 4 members (excludes halogenated alkanes) is 5. The van der Waals surface area contributed by atoms with Crippen LogP contribution in [0.5, 0.6) is 0 Å². The van der Waals surface area contributed by atoms with Gasteiger partial charge >= 0.3 is 19.5 Å². The van der Waals surface area contributed by atoms with Gasteiger partial charge in [0.05, 0.1) is 6.16 Å². The largest absolute Gasteiger partial charge is 0.435 e. The number of carbonyl (C=O) groups excluding carboxylic acids is 2. The van der Waals surface area contributed by atoms with E-state index in [1.807, 2.05) is 0 Å². The van der Waals surface area contributed by atoms with Crippen molar-refractivity contribution >= 4 is 19.5 Å². The summed E-state index contributed by atoms with van der Waals surface area (Å²) in [5.74, 6) is -1.30. The highest BCUT2D eigenvalue weighted by Crippen LogP contribution is 2.49. The summed E-state index contributed by atoms with van der Waals surface area (Å²) in [4.78, 5) is 22.7. The predicted octanol–water partition coefficient (Wildman–Crippen LogP) is 4.73. The van der Waals surface area contributed by atoms with Gasteiger partial charge in [0, 0.05) is 11.1 Å². The molecule has 0 saturated heterocycles. The van der Waals surface area contributed by atoms with E-state index in [1.165, 1.54) is 20.3 Å².